The first kappa shape index (κ1) is 20.2. The number of Topliss-reactive ketones (excluding diaryl/α,β-unsaturated/α-hetero) is 1. The molecule has 0 saturated heterocycles. The number of ketones is 1. The molecule has 0 unspecified atom stereocenters. The van der Waals surface area contributed by atoms with Crippen LogP contribution in [0.15, 0.2) is 66.9 Å². The first-order chi connectivity index (χ1) is 14.0. The van der Waals surface area contributed by atoms with Crippen molar-refractivity contribution in [2.45, 2.75) is 20.0 Å². The number of rotatable bonds is 8. The number of hydrogen-bond acceptors (Lipinski definition) is 5. The van der Waals surface area contributed by atoms with Crippen molar-refractivity contribution in [2.24, 2.45) is 0 Å². The van der Waals surface area contributed by atoms with Crippen LogP contribution < -0.4 is 4.74 Å². The van der Waals surface area contributed by atoms with E-state index in [0.29, 0.717) is 17.9 Å². The minimum atomic E-state index is -0.480. The number of carbonyl (C=O) groups is 2. The van der Waals surface area contributed by atoms with Crippen molar-refractivity contribution in [1.29, 1.82) is 0 Å². The molecule has 0 fully saturated rings. The number of hydrogen-bond donors (Lipinski definition) is 0. The molecule has 0 radical (unpaired) electrons. The average Bonchev–Trinajstić information content (AvgIpc) is 2.74. The molecular weight excluding hydrogens is 373 g/mol. The summed E-state index contributed by atoms with van der Waals surface area (Å²) in [5.74, 6) is -0.319. The molecule has 0 amide bonds. The normalized spacial score (nSPS) is 10.4. The fourth-order valence-electron chi connectivity index (χ4n) is 2.65. The van der Waals surface area contributed by atoms with Crippen LogP contribution in [-0.4, -0.2) is 23.3 Å². The van der Waals surface area contributed by atoms with Gasteiger partial charge in [-0.05, 0) is 54.4 Å². The minimum absolute atomic E-state index is 0.150. The van der Waals surface area contributed by atoms with Crippen LogP contribution in [0.25, 0.3) is 0 Å². The molecule has 3 aromatic rings. The molecule has 0 aliphatic rings. The van der Waals surface area contributed by atoms with Crippen molar-refractivity contribution >= 4 is 11.8 Å². The molecule has 0 atom stereocenters. The van der Waals surface area contributed by atoms with Gasteiger partial charge in [0.05, 0.1) is 12.2 Å². The van der Waals surface area contributed by atoms with Gasteiger partial charge in [0.2, 0.25) is 0 Å². The lowest BCUT2D eigenvalue weighted by molar-refractivity contribution is 0.0526. The predicted octanol–water partition coefficient (Wildman–Crippen LogP) is 4.40. The second kappa shape index (κ2) is 9.59. The highest BCUT2D eigenvalue weighted by Gasteiger charge is 2.13. The van der Waals surface area contributed by atoms with Crippen LogP contribution in [0.1, 0.15) is 38.9 Å². The van der Waals surface area contributed by atoms with Gasteiger partial charge in [-0.2, -0.15) is 0 Å². The Bertz CT molecular complexity index is 985. The molecule has 148 valence electrons. The van der Waals surface area contributed by atoms with E-state index in [1.165, 1.54) is 30.5 Å². The zero-order chi connectivity index (χ0) is 20.6. The first-order valence-corrected chi connectivity index (χ1v) is 9.17. The van der Waals surface area contributed by atoms with Gasteiger partial charge in [0.25, 0.3) is 0 Å². The number of aromatic nitrogens is 1. The van der Waals surface area contributed by atoms with Crippen LogP contribution in [0.4, 0.5) is 4.39 Å². The highest BCUT2D eigenvalue weighted by molar-refractivity contribution is 5.98. The molecule has 2 aromatic carbocycles. The Kier molecular flexibility index (Phi) is 6.68. The molecular formula is C23H20FNO4. The van der Waals surface area contributed by atoms with Crippen LogP contribution in [-0.2, 0) is 17.8 Å². The molecule has 0 N–H and O–H groups in total. The summed E-state index contributed by atoms with van der Waals surface area (Å²) in [4.78, 5) is 28.4. The Balaban J connectivity index is 1.59. The van der Waals surface area contributed by atoms with Gasteiger partial charge in [-0.25, -0.2) is 9.18 Å². The third kappa shape index (κ3) is 5.72. The minimum Gasteiger partial charge on any atom is -0.489 e. The standard InChI is InChI=1S/C23H20FNO4/c1-2-28-23(27)18-11-12-25-21(14-18)22(26)13-16-5-9-20(10-6-16)29-15-17-3-7-19(24)8-4-17/h3-12,14H,2,13,15H2,1H3. The van der Waals surface area contributed by atoms with Crippen molar-refractivity contribution in [3.8, 4) is 5.75 Å². The lowest BCUT2D eigenvalue weighted by Crippen LogP contribution is -2.10. The predicted molar refractivity (Wildman–Crippen MR) is 105 cm³/mol. The fraction of sp³-hybridized carbons (Fsp3) is 0.174. The summed E-state index contributed by atoms with van der Waals surface area (Å²) in [5, 5.41) is 0. The van der Waals surface area contributed by atoms with Gasteiger partial charge in [-0.15, -0.1) is 0 Å². The number of ether oxygens (including phenoxy) is 2. The summed E-state index contributed by atoms with van der Waals surface area (Å²) in [6.07, 6.45) is 1.57. The monoisotopic (exact) mass is 393 g/mol. The summed E-state index contributed by atoms with van der Waals surface area (Å²) in [6.45, 7) is 2.31. The van der Waals surface area contributed by atoms with Gasteiger partial charge < -0.3 is 9.47 Å². The van der Waals surface area contributed by atoms with Gasteiger partial charge in [-0.3, -0.25) is 9.78 Å². The fourth-order valence-corrected chi connectivity index (χ4v) is 2.65. The molecule has 0 saturated carbocycles. The molecule has 0 aliphatic carbocycles. The zero-order valence-corrected chi connectivity index (χ0v) is 15.9. The summed E-state index contributed by atoms with van der Waals surface area (Å²) in [7, 11) is 0. The number of pyridine rings is 1. The van der Waals surface area contributed by atoms with Crippen LogP contribution in [0, 0.1) is 5.82 Å². The molecule has 5 nitrogen and oxygen atoms in total. The lowest BCUT2D eigenvalue weighted by atomic mass is 10.1. The zero-order valence-electron chi connectivity index (χ0n) is 15.9. The van der Waals surface area contributed by atoms with Crippen LogP contribution >= 0.6 is 0 Å². The van der Waals surface area contributed by atoms with E-state index in [1.807, 2.05) is 0 Å². The van der Waals surface area contributed by atoms with Crippen molar-refractivity contribution in [2.75, 3.05) is 6.61 Å². The van der Waals surface area contributed by atoms with E-state index in [9.17, 15) is 14.0 Å². The van der Waals surface area contributed by atoms with Gasteiger partial charge in [-0.1, -0.05) is 24.3 Å². The number of carbonyl (C=O) groups excluding carboxylic acids is 2. The van der Waals surface area contributed by atoms with E-state index in [2.05, 4.69) is 4.98 Å². The van der Waals surface area contributed by atoms with Crippen molar-refractivity contribution in [3.63, 3.8) is 0 Å². The topological polar surface area (TPSA) is 65.5 Å². The maximum absolute atomic E-state index is 12.9. The van der Waals surface area contributed by atoms with E-state index >= 15 is 0 Å². The van der Waals surface area contributed by atoms with E-state index in [0.717, 1.165) is 11.1 Å². The Hall–Kier alpha value is -3.54. The molecule has 0 bridgehead atoms. The summed E-state index contributed by atoms with van der Waals surface area (Å²) < 4.78 is 23.5. The SMILES string of the molecule is CCOC(=O)c1ccnc(C(=O)Cc2ccc(OCc3ccc(F)cc3)cc2)c1. The molecule has 0 aliphatic heterocycles. The van der Waals surface area contributed by atoms with Crippen molar-refractivity contribution < 1.29 is 23.5 Å². The molecule has 1 heterocycles. The molecule has 6 heteroatoms. The third-order valence-corrected chi connectivity index (χ3v) is 4.16. The van der Waals surface area contributed by atoms with E-state index < -0.39 is 5.97 Å². The first-order valence-electron chi connectivity index (χ1n) is 9.17. The number of nitrogens with zero attached hydrogens (tertiary/aromatic N) is 1. The Morgan fingerprint density at radius 1 is 0.966 bits per heavy atom. The van der Waals surface area contributed by atoms with Crippen molar-refractivity contribution in [1.82, 2.24) is 4.98 Å². The van der Waals surface area contributed by atoms with Gasteiger partial charge in [0.1, 0.15) is 23.9 Å². The highest BCUT2D eigenvalue weighted by atomic mass is 19.1. The smallest absolute Gasteiger partial charge is 0.338 e. The average molecular weight is 393 g/mol. The number of halogens is 1. The van der Waals surface area contributed by atoms with Crippen LogP contribution in [0.2, 0.25) is 0 Å². The second-order valence-electron chi connectivity index (χ2n) is 6.31. The van der Waals surface area contributed by atoms with Gasteiger partial charge in [0.15, 0.2) is 5.78 Å². The molecule has 3 rings (SSSR count). The second-order valence-corrected chi connectivity index (χ2v) is 6.31. The number of benzene rings is 2. The van der Waals surface area contributed by atoms with Gasteiger partial charge >= 0.3 is 5.97 Å². The van der Waals surface area contributed by atoms with E-state index in [1.54, 1.807) is 43.3 Å². The largest absolute Gasteiger partial charge is 0.489 e. The summed E-state index contributed by atoms with van der Waals surface area (Å²) in [5.41, 5.74) is 2.17. The summed E-state index contributed by atoms with van der Waals surface area (Å²) >= 11 is 0. The Morgan fingerprint density at radius 3 is 2.34 bits per heavy atom. The van der Waals surface area contributed by atoms with E-state index in [4.69, 9.17) is 9.47 Å². The summed E-state index contributed by atoms with van der Waals surface area (Å²) in [6, 6.07) is 16.2. The molecule has 0 spiro atoms. The third-order valence-electron chi connectivity index (χ3n) is 4.16. The number of esters is 1. The van der Waals surface area contributed by atoms with Crippen molar-refractivity contribution in [3.05, 3.63) is 95.1 Å². The Labute approximate surface area is 168 Å². The molecule has 29 heavy (non-hydrogen) atoms. The lowest BCUT2D eigenvalue weighted by Gasteiger charge is -2.08. The highest BCUT2D eigenvalue weighted by Crippen LogP contribution is 2.16. The molecule has 1 aromatic heterocycles. The quantitative estimate of drug-likeness (QED) is 0.419. The Morgan fingerprint density at radius 2 is 1.66 bits per heavy atom. The maximum Gasteiger partial charge on any atom is 0.338 e. The maximum atomic E-state index is 12.9. The van der Waals surface area contributed by atoms with Crippen LogP contribution in [0.3, 0.4) is 0 Å². The van der Waals surface area contributed by atoms with Gasteiger partial charge in [0, 0.05) is 12.6 Å². The van der Waals surface area contributed by atoms with E-state index in [-0.39, 0.29) is 30.3 Å². The van der Waals surface area contributed by atoms with Crippen LogP contribution in [0.5, 0.6) is 5.75 Å².